The molecular weight excluding hydrogens is 350 g/mol. The third kappa shape index (κ3) is 3.91. The van der Waals surface area contributed by atoms with E-state index in [9.17, 15) is 0 Å². The van der Waals surface area contributed by atoms with Crippen molar-refractivity contribution in [1.29, 1.82) is 0 Å². The third-order valence-electron chi connectivity index (χ3n) is 4.69. The number of ether oxygens (including phenoxy) is 1. The average Bonchev–Trinajstić information content (AvgIpc) is 3.27. The van der Waals surface area contributed by atoms with Crippen molar-refractivity contribution in [3.05, 3.63) is 78.4 Å². The van der Waals surface area contributed by atoms with E-state index < -0.39 is 0 Å². The summed E-state index contributed by atoms with van der Waals surface area (Å²) in [6.45, 7) is 2.74. The van der Waals surface area contributed by atoms with Gasteiger partial charge < -0.3 is 20.4 Å². The number of aromatic nitrogens is 3. The smallest absolute Gasteiger partial charge is 0.126 e. The first-order chi connectivity index (χ1) is 13.7. The summed E-state index contributed by atoms with van der Waals surface area (Å²) in [5, 5.41) is 7.93. The van der Waals surface area contributed by atoms with Crippen LogP contribution in [-0.4, -0.2) is 22.1 Å². The summed E-state index contributed by atoms with van der Waals surface area (Å²) in [4.78, 5) is 12.0. The fraction of sp³-hybridized carbons (Fsp3) is 0.182. The first-order valence-corrected chi connectivity index (χ1v) is 9.25. The highest BCUT2D eigenvalue weighted by Crippen LogP contribution is 2.24. The number of pyridine rings is 1. The van der Waals surface area contributed by atoms with Crippen LogP contribution < -0.4 is 15.4 Å². The lowest BCUT2D eigenvalue weighted by atomic mass is 10.1. The summed E-state index contributed by atoms with van der Waals surface area (Å²) >= 11 is 0. The molecule has 0 aliphatic heterocycles. The van der Waals surface area contributed by atoms with Gasteiger partial charge in [0.15, 0.2) is 0 Å². The van der Waals surface area contributed by atoms with E-state index in [1.807, 2.05) is 48.7 Å². The number of anilines is 2. The normalized spacial score (nSPS) is 11.9. The Morgan fingerprint density at radius 3 is 2.82 bits per heavy atom. The van der Waals surface area contributed by atoms with Crippen molar-refractivity contribution in [1.82, 2.24) is 15.0 Å². The van der Waals surface area contributed by atoms with E-state index >= 15 is 0 Å². The molecule has 0 spiro atoms. The van der Waals surface area contributed by atoms with Gasteiger partial charge in [-0.05, 0) is 43.3 Å². The standard InChI is InChI=1S/C22H23N5O/c1-15(20-13-23-14-25-20)26-18-8-9-19-16(11-18)7-10-22(27-19)24-12-17-5-3-4-6-21(17)28-2/h3-11,13-15,26H,12H2,1-2H3,(H,23,25)(H,24,27). The zero-order valence-corrected chi connectivity index (χ0v) is 15.9. The molecular formula is C22H23N5O. The van der Waals surface area contributed by atoms with Gasteiger partial charge in [0, 0.05) is 29.4 Å². The summed E-state index contributed by atoms with van der Waals surface area (Å²) in [6.07, 6.45) is 3.59. The summed E-state index contributed by atoms with van der Waals surface area (Å²) in [5.41, 5.74) is 4.07. The van der Waals surface area contributed by atoms with Crippen molar-refractivity contribution in [2.45, 2.75) is 19.5 Å². The molecule has 2 aromatic carbocycles. The van der Waals surface area contributed by atoms with Gasteiger partial charge in [-0.3, -0.25) is 0 Å². The van der Waals surface area contributed by atoms with E-state index in [4.69, 9.17) is 9.72 Å². The number of hydrogen-bond acceptors (Lipinski definition) is 5. The van der Waals surface area contributed by atoms with Crippen molar-refractivity contribution >= 4 is 22.4 Å². The number of methoxy groups -OCH3 is 1. The Morgan fingerprint density at radius 2 is 2.00 bits per heavy atom. The van der Waals surface area contributed by atoms with Crippen LogP contribution in [0.25, 0.3) is 10.9 Å². The van der Waals surface area contributed by atoms with Crippen LogP contribution >= 0.6 is 0 Å². The van der Waals surface area contributed by atoms with Crippen LogP contribution in [0.4, 0.5) is 11.5 Å². The SMILES string of the molecule is COc1ccccc1CNc1ccc2cc(NC(C)c3c[nH]cn3)ccc2n1. The van der Waals surface area contributed by atoms with E-state index in [-0.39, 0.29) is 6.04 Å². The number of fused-ring (bicyclic) bond motifs is 1. The van der Waals surface area contributed by atoms with Crippen molar-refractivity contribution < 1.29 is 4.74 Å². The number of imidazole rings is 1. The summed E-state index contributed by atoms with van der Waals surface area (Å²) in [7, 11) is 1.69. The molecule has 0 saturated carbocycles. The second kappa shape index (κ2) is 8.00. The van der Waals surface area contributed by atoms with Gasteiger partial charge in [-0.15, -0.1) is 0 Å². The molecule has 4 rings (SSSR count). The van der Waals surface area contributed by atoms with Gasteiger partial charge >= 0.3 is 0 Å². The molecule has 3 N–H and O–H groups in total. The molecule has 2 aromatic heterocycles. The number of benzene rings is 2. The molecule has 0 amide bonds. The van der Waals surface area contributed by atoms with Crippen molar-refractivity contribution in [3.63, 3.8) is 0 Å². The molecule has 2 heterocycles. The monoisotopic (exact) mass is 373 g/mol. The minimum absolute atomic E-state index is 0.124. The fourth-order valence-corrected chi connectivity index (χ4v) is 3.18. The molecule has 1 unspecified atom stereocenters. The van der Waals surface area contributed by atoms with Gasteiger partial charge in [-0.1, -0.05) is 18.2 Å². The van der Waals surface area contributed by atoms with Crippen LogP contribution in [0, 0.1) is 0 Å². The average molecular weight is 373 g/mol. The zero-order chi connectivity index (χ0) is 19.3. The number of H-pyrrole nitrogens is 1. The van der Waals surface area contributed by atoms with E-state index in [1.54, 1.807) is 13.4 Å². The lowest BCUT2D eigenvalue weighted by Gasteiger charge is -2.14. The summed E-state index contributed by atoms with van der Waals surface area (Å²) in [6, 6.07) is 18.4. The van der Waals surface area contributed by atoms with Crippen LogP contribution in [0.5, 0.6) is 5.75 Å². The number of nitrogens with zero attached hydrogens (tertiary/aromatic N) is 2. The minimum atomic E-state index is 0.124. The Hall–Kier alpha value is -3.54. The Balaban J connectivity index is 1.47. The molecule has 4 aromatic rings. The molecule has 0 fully saturated rings. The van der Waals surface area contributed by atoms with Gasteiger partial charge in [-0.2, -0.15) is 0 Å². The predicted molar refractivity (Wildman–Crippen MR) is 113 cm³/mol. The van der Waals surface area contributed by atoms with E-state index in [2.05, 4.69) is 39.7 Å². The summed E-state index contributed by atoms with van der Waals surface area (Å²) in [5.74, 6) is 1.71. The molecule has 142 valence electrons. The van der Waals surface area contributed by atoms with Gasteiger partial charge in [0.25, 0.3) is 0 Å². The largest absolute Gasteiger partial charge is 0.496 e. The number of rotatable bonds is 7. The summed E-state index contributed by atoms with van der Waals surface area (Å²) < 4.78 is 5.40. The van der Waals surface area contributed by atoms with Gasteiger partial charge in [-0.25, -0.2) is 9.97 Å². The predicted octanol–water partition coefficient (Wildman–Crippen LogP) is 4.75. The first-order valence-electron chi connectivity index (χ1n) is 9.25. The highest BCUT2D eigenvalue weighted by atomic mass is 16.5. The molecule has 1 atom stereocenters. The van der Waals surface area contributed by atoms with E-state index in [1.165, 1.54) is 0 Å². The number of aromatic amines is 1. The maximum atomic E-state index is 5.40. The maximum absolute atomic E-state index is 5.40. The molecule has 0 radical (unpaired) electrons. The van der Waals surface area contributed by atoms with Crippen LogP contribution in [0.1, 0.15) is 24.2 Å². The molecule has 0 bridgehead atoms. The van der Waals surface area contributed by atoms with Crippen molar-refractivity contribution in [2.24, 2.45) is 0 Å². The van der Waals surface area contributed by atoms with Gasteiger partial charge in [0.2, 0.25) is 0 Å². The number of hydrogen-bond donors (Lipinski definition) is 3. The molecule has 0 aliphatic carbocycles. The minimum Gasteiger partial charge on any atom is -0.496 e. The lowest BCUT2D eigenvalue weighted by Crippen LogP contribution is -2.07. The Kier molecular flexibility index (Phi) is 5.10. The van der Waals surface area contributed by atoms with Gasteiger partial charge in [0.05, 0.1) is 30.7 Å². The Labute approximate surface area is 164 Å². The molecule has 28 heavy (non-hydrogen) atoms. The van der Waals surface area contributed by atoms with Gasteiger partial charge in [0.1, 0.15) is 11.6 Å². The number of nitrogens with one attached hydrogen (secondary N) is 3. The van der Waals surface area contributed by atoms with Crippen LogP contribution in [0.3, 0.4) is 0 Å². The van der Waals surface area contributed by atoms with E-state index in [0.717, 1.165) is 39.4 Å². The van der Waals surface area contributed by atoms with Crippen molar-refractivity contribution in [2.75, 3.05) is 17.7 Å². The second-order valence-corrected chi connectivity index (χ2v) is 6.63. The number of para-hydroxylation sites is 1. The topological polar surface area (TPSA) is 74.9 Å². The third-order valence-corrected chi connectivity index (χ3v) is 4.69. The second-order valence-electron chi connectivity index (χ2n) is 6.63. The highest BCUT2D eigenvalue weighted by molar-refractivity contribution is 5.83. The first kappa shape index (κ1) is 17.9. The fourth-order valence-electron chi connectivity index (χ4n) is 3.18. The van der Waals surface area contributed by atoms with E-state index in [0.29, 0.717) is 6.54 Å². The zero-order valence-electron chi connectivity index (χ0n) is 15.9. The Morgan fingerprint density at radius 1 is 1.11 bits per heavy atom. The van der Waals surface area contributed by atoms with Crippen molar-refractivity contribution in [3.8, 4) is 5.75 Å². The van der Waals surface area contributed by atoms with Crippen LogP contribution in [0.2, 0.25) is 0 Å². The highest BCUT2D eigenvalue weighted by Gasteiger charge is 2.08. The van der Waals surface area contributed by atoms with Crippen LogP contribution in [-0.2, 0) is 6.54 Å². The molecule has 6 nitrogen and oxygen atoms in total. The van der Waals surface area contributed by atoms with Crippen LogP contribution in [0.15, 0.2) is 67.1 Å². The molecule has 0 aliphatic rings. The Bertz CT molecular complexity index is 1060. The molecule has 6 heteroatoms. The maximum Gasteiger partial charge on any atom is 0.126 e. The quantitative estimate of drug-likeness (QED) is 0.436. The molecule has 0 saturated heterocycles. The lowest BCUT2D eigenvalue weighted by molar-refractivity contribution is 0.410.